The maximum absolute atomic E-state index is 13.5. The highest BCUT2D eigenvalue weighted by molar-refractivity contribution is 7.22. The normalized spacial score (nSPS) is 16.8. The number of carbonyl (C=O) groups excluding carboxylic acids is 2. The molecule has 1 amide bonds. The molecule has 194 valence electrons. The molecule has 0 saturated carbocycles. The van der Waals surface area contributed by atoms with Crippen LogP contribution in [0.5, 0.6) is 11.5 Å². The van der Waals surface area contributed by atoms with Gasteiger partial charge in [0.15, 0.2) is 5.13 Å². The third kappa shape index (κ3) is 4.85. The van der Waals surface area contributed by atoms with Crippen LogP contribution >= 0.6 is 22.9 Å². The van der Waals surface area contributed by atoms with Crippen LogP contribution in [0.1, 0.15) is 37.4 Å². The summed E-state index contributed by atoms with van der Waals surface area (Å²) in [4.78, 5) is 32.9. The molecule has 1 aromatic heterocycles. The van der Waals surface area contributed by atoms with E-state index in [1.54, 1.807) is 48.5 Å². The number of amides is 1. The first kappa shape index (κ1) is 25.8. The van der Waals surface area contributed by atoms with E-state index in [0.717, 1.165) is 11.1 Å². The summed E-state index contributed by atoms with van der Waals surface area (Å²) < 4.78 is 12.1. The smallest absolute Gasteiger partial charge is 0.301 e. The molecule has 3 aromatic carbocycles. The number of rotatable bonds is 8. The van der Waals surface area contributed by atoms with Gasteiger partial charge in [-0.25, -0.2) is 4.98 Å². The number of nitrogens with zero attached hydrogens (tertiary/aromatic N) is 2. The van der Waals surface area contributed by atoms with E-state index in [-0.39, 0.29) is 11.3 Å². The Labute approximate surface area is 228 Å². The molecule has 1 fully saturated rings. The number of aliphatic hydroxyl groups is 1. The van der Waals surface area contributed by atoms with E-state index in [4.69, 9.17) is 21.1 Å². The maximum atomic E-state index is 13.5. The first-order valence-corrected chi connectivity index (χ1v) is 13.4. The Balaban J connectivity index is 1.65. The summed E-state index contributed by atoms with van der Waals surface area (Å²) in [6.45, 7) is 5.02. The highest BCUT2D eigenvalue weighted by Gasteiger charge is 2.48. The monoisotopic (exact) mass is 548 g/mol. The molecule has 9 heteroatoms. The molecular formula is C29H25ClN2O5S. The maximum Gasteiger partial charge on any atom is 0.301 e. The standard InChI is InChI=1S/C29H25ClN2O5S/c1-3-15-37-20-11-7-17(8-12-20)25-24(26(33)18-5-9-19(30)10-6-18)27(34)28(35)32(25)29-31-22-14-13-21(36-4-2)16-23(22)38-29/h5-14,16,25,33H,3-4,15H2,1-2H3/b26-24+. The van der Waals surface area contributed by atoms with Crippen molar-refractivity contribution in [1.82, 2.24) is 4.98 Å². The van der Waals surface area contributed by atoms with Crippen LogP contribution in [0.2, 0.25) is 5.02 Å². The Morgan fingerprint density at radius 1 is 1.00 bits per heavy atom. The van der Waals surface area contributed by atoms with E-state index < -0.39 is 17.7 Å². The van der Waals surface area contributed by atoms with Crippen LogP contribution in [0.3, 0.4) is 0 Å². The van der Waals surface area contributed by atoms with Crippen molar-refractivity contribution in [3.05, 3.63) is 88.5 Å². The molecule has 5 rings (SSSR count). The lowest BCUT2D eigenvalue weighted by atomic mass is 9.95. The fourth-order valence-corrected chi connectivity index (χ4v) is 5.47. The Morgan fingerprint density at radius 2 is 1.71 bits per heavy atom. The first-order chi connectivity index (χ1) is 18.4. The molecule has 38 heavy (non-hydrogen) atoms. The second-order valence-electron chi connectivity index (χ2n) is 8.65. The van der Waals surface area contributed by atoms with Gasteiger partial charge in [0.25, 0.3) is 5.78 Å². The van der Waals surface area contributed by atoms with Crippen LogP contribution in [0.25, 0.3) is 16.0 Å². The number of halogens is 1. The average molecular weight is 549 g/mol. The summed E-state index contributed by atoms with van der Waals surface area (Å²) in [5.41, 5.74) is 1.67. The van der Waals surface area contributed by atoms with Gasteiger partial charge in [-0.2, -0.15) is 0 Å². The van der Waals surface area contributed by atoms with Crippen molar-refractivity contribution in [1.29, 1.82) is 0 Å². The van der Waals surface area contributed by atoms with Crippen molar-refractivity contribution >= 4 is 55.7 Å². The third-order valence-corrected chi connectivity index (χ3v) is 7.37. The van der Waals surface area contributed by atoms with Crippen molar-refractivity contribution in [2.24, 2.45) is 0 Å². The third-order valence-electron chi connectivity index (χ3n) is 6.10. The van der Waals surface area contributed by atoms with Gasteiger partial charge >= 0.3 is 5.91 Å². The number of hydrogen-bond donors (Lipinski definition) is 1. The molecule has 2 heterocycles. The molecule has 0 bridgehead atoms. The predicted molar refractivity (Wildman–Crippen MR) is 149 cm³/mol. The summed E-state index contributed by atoms with van der Waals surface area (Å²) in [5.74, 6) is -0.463. The van der Waals surface area contributed by atoms with Crippen LogP contribution in [0.15, 0.2) is 72.3 Å². The highest BCUT2D eigenvalue weighted by atomic mass is 35.5. The molecule has 1 aliphatic heterocycles. The van der Waals surface area contributed by atoms with E-state index in [0.29, 0.717) is 51.5 Å². The largest absolute Gasteiger partial charge is 0.507 e. The van der Waals surface area contributed by atoms with Gasteiger partial charge in [-0.05, 0) is 73.5 Å². The molecule has 1 saturated heterocycles. The summed E-state index contributed by atoms with van der Waals surface area (Å²) in [6.07, 6.45) is 0.867. The van der Waals surface area contributed by atoms with Gasteiger partial charge < -0.3 is 14.6 Å². The second-order valence-corrected chi connectivity index (χ2v) is 10.1. The van der Waals surface area contributed by atoms with Gasteiger partial charge in [-0.15, -0.1) is 0 Å². The molecule has 1 unspecified atom stereocenters. The van der Waals surface area contributed by atoms with Crippen molar-refractivity contribution in [3.63, 3.8) is 0 Å². The molecular weight excluding hydrogens is 524 g/mol. The number of carbonyl (C=O) groups is 2. The van der Waals surface area contributed by atoms with Gasteiger partial charge in [0.05, 0.1) is 35.0 Å². The molecule has 1 atom stereocenters. The van der Waals surface area contributed by atoms with E-state index in [1.807, 2.05) is 32.0 Å². The number of anilines is 1. The lowest BCUT2D eigenvalue weighted by molar-refractivity contribution is -0.132. The minimum atomic E-state index is -0.891. The van der Waals surface area contributed by atoms with E-state index in [9.17, 15) is 14.7 Å². The van der Waals surface area contributed by atoms with E-state index >= 15 is 0 Å². The molecule has 1 N–H and O–H groups in total. The number of ketones is 1. The van der Waals surface area contributed by atoms with Crippen molar-refractivity contribution in [2.45, 2.75) is 26.3 Å². The lowest BCUT2D eigenvalue weighted by Gasteiger charge is -2.23. The number of aliphatic hydroxyl groups excluding tert-OH is 1. The fourth-order valence-electron chi connectivity index (χ4n) is 4.33. The van der Waals surface area contributed by atoms with Crippen LogP contribution in [0.4, 0.5) is 5.13 Å². The number of hydrogen-bond acceptors (Lipinski definition) is 7. The SMILES string of the molecule is CCCOc1ccc(C2/C(=C(\O)c3ccc(Cl)cc3)C(=O)C(=O)N2c2nc3ccc(OCC)cc3s2)cc1. The highest BCUT2D eigenvalue weighted by Crippen LogP contribution is 2.45. The fraction of sp³-hybridized carbons (Fsp3) is 0.207. The minimum Gasteiger partial charge on any atom is -0.507 e. The average Bonchev–Trinajstić information content (AvgIpc) is 3.45. The number of Topliss-reactive ketones (excluding diaryl/α,β-unsaturated/α-hetero) is 1. The second kappa shape index (κ2) is 10.8. The van der Waals surface area contributed by atoms with Crippen LogP contribution in [-0.2, 0) is 9.59 Å². The zero-order chi connectivity index (χ0) is 26.8. The molecule has 0 radical (unpaired) electrons. The number of ether oxygens (including phenoxy) is 2. The van der Waals surface area contributed by atoms with E-state index in [2.05, 4.69) is 4.98 Å². The minimum absolute atomic E-state index is 0.0196. The zero-order valence-corrected chi connectivity index (χ0v) is 22.4. The molecule has 4 aromatic rings. The molecule has 0 spiro atoms. The Kier molecular flexibility index (Phi) is 7.35. The quantitative estimate of drug-likeness (QED) is 0.149. The Morgan fingerprint density at radius 3 is 2.39 bits per heavy atom. The summed E-state index contributed by atoms with van der Waals surface area (Å²) in [5, 5.41) is 12.1. The van der Waals surface area contributed by atoms with Gasteiger partial charge in [0.2, 0.25) is 0 Å². The summed E-state index contributed by atoms with van der Waals surface area (Å²) in [7, 11) is 0. The van der Waals surface area contributed by atoms with Gasteiger partial charge in [0, 0.05) is 10.6 Å². The van der Waals surface area contributed by atoms with E-state index in [1.165, 1.54) is 16.2 Å². The number of aromatic nitrogens is 1. The van der Waals surface area contributed by atoms with Crippen molar-refractivity contribution < 1.29 is 24.2 Å². The van der Waals surface area contributed by atoms with Crippen molar-refractivity contribution in [3.8, 4) is 11.5 Å². The zero-order valence-electron chi connectivity index (χ0n) is 20.8. The molecule has 0 aliphatic carbocycles. The summed E-state index contributed by atoms with van der Waals surface area (Å²) in [6, 6.07) is 18.2. The lowest BCUT2D eigenvalue weighted by Crippen LogP contribution is -2.29. The Bertz CT molecular complexity index is 1530. The summed E-state index contributed by atoms with van der Waals surface area (Å²) >= 11 is 7.30. The Hall–Kier alpha value is -3.88. The number of thiazole rings is 1. The van der Waals surface area contributed by atoms with Crippen molar-refractivity contribution in [2.75, 3.05) is 18.1 Å². The van der Waals surface area contributed by atoms with Crippen LogP contribution in [0, 0.1) is 0 Å². The van der Waals surface area contributed by atoms with Gasteiger partial charge in [-0.3, -0.25) is 14.5 Å². The predicted octanol–water partition coefficient (Wildman–Crippen LogP) is 6.76. The van der Waals surface area contributed by atoms with Gasteiger partial charge in [0.1, 0.15) is 17.3 Å². The first-order valence-electron chi connectivity index (χ1n) is 12.2. The number of benzene rings is 3. The number of fused-ring (bicyclic) bond motifs is 1. The molecule has 7 nitrogen and oxygen atoms in total. The van der Waals surface area contributed by atoms with Crippen LogP contribution < -0.4 is 14.4 Å². The van der Waals surface area contributed by atoms with Crippen LogP contribution in [-0.4, -0.2) is 35.0 Å². The topological polar surface area (TPSA) is 89.0 Å². The van der Waals surface area contributed by atoms with Gasteiger partial charge in [-0.1, -0.05) is 42.0 Å². The molecule has 1 aliphatic rings.